The number of urea groups is 1. The molecule has 1 saturated heterocycles. The van der Waals surface area contributed by atoms with Crippen LogP contribution in [0.2, 0.25) is 0 Å². The zero-order valence-electron chi connectivity index (χ0n) is 28.4. The molecule has 0 radical (unpaired) electrons. The maximum absolute atomic E-state index is 12.5. The minimum Gasteiger partial charge on any atom is -0.491 e. The van der Waals surface area contributed by atoms with E-state index in [1.807, 2.05) is 4.90 Å². The van der Waals surface area contributed by atoms with Crippen LogP contribution in [0.3, 0.4) is 0 Å². The molecule has 4 rings (SSSR count). The standard InChI is InChI=1S/C36H50N8O5/c1-2-3-4-5-6-7-20-39-36(46)43-23-18-30(19-24-43)40-29-10-8-28(9-11-29)16-21-37-26-33(45)27-49-34-17-22-38-35(25-34)42-41-31-12-14-32(15-13-31)44(47)48/h8-15,17,22,25,30,33,37,40,45H,2-7,16,18-21,23-24,26-27H2,1H3,(H,39,46)/b42-41+/t33-/m0/s1. The van der Waals surface area contributed by atoms with Crippen molar-refractivity contribution in [3.63, 3.8) is 0 Å². The first-order chi connectivity index (χ1) is 23.9. The third-order valence-electron chi connectivity index (χ3n) is 8.37. The van der Waals surface area contributed by atoms with Gasteiger partial charge in [-0.1, -0.05) is 51.2 Å². The van der Waals surface area contributed by atoms with Crippen molar-refractivity contribution in [2.45, 2.75) is 76.9 Å². The molecule has 2 amide bonds. The molecule has 13 nitrogen and oxygen atoms in total. The van der Waals surface area contributed by atoms with Gasteiger partial charge in [-0.3, -0.25) is 10.1 Å². The van der Waals surface area contributed by atoms with Crippen molar-refractivity contribution in [2.24, 2.45) is 10.2 Å². The highest BCUT2D eigenvalue weighted by atomic mass is 16.6. The van der Waals surface area contributed by atoms with E-state index in [1.54, 1.807) is 12.1 Å². The number of benzene rings is 2. The number of nitro benzene ring substituents is 1. The molecule has 1 aliphatic rings. The van der Waals surface area contributed by atoms with Gasteiger partial charge in [-0.15, -0.1) is 10.2 Å². The molecule has 2 heterocycles. The molecule has 3 aromatic rings. The van der Waals surface area contributed by atoms with Gasteiger partial charge in [0.2, 0.25) is 0 Å². The maximum Gasteiger partial charge on any atom is 0.317 e. The lowest BCUT2D eigenvalue weighted by Crippen LogP contribution is -2.47. The van der Waals surface area contributed by atoms with Gasteiger partial charge in [0.1, 0.15) is 18.5 Å². The molecule has 1 aliphatic heterocycles. The topological polar surface area (TPSA) is 167 Å². The summed E-state index contributed by atoms with van der Waals surface area (Å²) < 4.78 is 5.71. The first-order valence-electron chi connectivity index (χ1n) is 17.4. The van der Waals surface area contributed by atoms with Crippen molar-refractivity contribution in [3.05, 3.63) is 82.5 Å². The summed E-state index contributed by atoms with van der Waals surface area (Å²) >= 11 is 0. The van der Waals surface area contributed by atoms with Crippen molar-refractivity contribution >= 4 is 28.9 Å². The number of hydrogen-bond donors (Lipinski definition) is 4. The molecule has 1 atom stereocenters. The van der Waals surface area contributed by atoms with Crippen LogP contribution in [0.25, 0.3) is 0 Å². The molecule has 1 fully saturated rings. The van der Waals surface area contributed by atoms with E-state index in [-0.39, 0.29) is 18.3 Å². The monoisotopic (exact) mass is 674 g/mol. The van der Waals surface area contributed by atoms with E-state index in [0.29, 0.717) is 36.4 Å². The van der Waals surface area contributed by atoms with E-state index in [9.17, 15) is 20.0 Å². The van der Waals surface area contributed by atoms with E-state index < -0.39 is 11.0 Å². The summed E-state index contributed by atoms with van der Waals surface area (Å²) in [5.41, 5.74) is 2.73. The predicted molar refractivity (Wildman–Crippen MR) is 191 cm³/mol. The number of nitrogens with zero attached hydrogens (tertiary/aromatic N) is 5. The molecule has 1 aromatic heterocycles. The second-order valence-electron chi connectivity index (χ2n) is 12.3. The van der Waals surface area contributed by atoms with Crippen LogP contribution in [0.1, 0.15) is 63.9 Å². The Kier molecular flexibility index (Phi) is 15.7. The number of anilines is 1. The second-order valence-corrected chi connectivity index (χ2v) is 12.3. The molecule has 0 bridgehead atoms. The number of amides is 2. The number of unbranched alkanes of at least 4 members (excludes halogenated alkanes) is 5. The molecule has 49 heavy (non-hydrogen) atoms. The van der Waals surface area contributed by atoms with Gasteiger partial charge in [-0.2, -0.15) is 0 Å². The smallest absolute Gasteiger partial charge is 0.317 e. The number of carbonyl (C=O) groups is 1. The van der Waals surface area contributed by atoms with Crippen LogP contribution in [-0.2, 0) is 6.42 Å². The van der Waals surface area contributed by atoms with E-state index in [0.717, 1.165) is 51.0 Å². The molecule has 0 spiro atoms. The third kappa shape index (κ3) is 13.8. The average molecular weight is 675 g/mol. The molecular weight excluding hydrogens is 624 g/mol. The number of carbonyl (C=O) groups excluding carboxylic acids is 1. The van der Waals surface area contributed by atoms with Gasteiger partial charge in [0.15, 0.2) is 5.82 Å². The van der Waals surface area contributed by atoms with Crippen LogP contribution in [0.5, 0.6) is 5.75 Å². The molecule has 2 aromatic carbocycles. The van der Waals surface area contributed by atoms with Crippen LogP contribution in [0.4, 0.5) is 27.7 Å². The summed E-state index contributed by atoms with van der Waals surface area (Å²) in [6.07, 6.45) is 10.8. The van der Waals surface area contributed by atoms with Gasteiger partial charge in [0.05, 0.1) is 10.6 Å². The number of piperidine rings is 1. The van der Waals surface area contributed by atoms with E-state index >= 15 is 0 Å². The van der Waals surface area contributed by atoms with Gasteiger partial charge in [-0.05, 0) is 68.1 Å². The van der Waals surface area contributed by atoms with Gasteiger partial charge < -0.3 is 30.7 Å². The number of hydrogen-bond acceptors (Lipinski definition) is 10. The van der Waals surface area contributed by atoms with Crippen LogP contribution in [0.15, 0.2) is 77.1 Å². The first kappa shape index (κ1) is 37.2. The SMILES string of the molecule is CCCCCCCCNC(=O)N1CCC(Nc2ccc(CCNC[C@H](O)COc3ccnc(/N=N/c4ccc([N+](=O)[O-])cc4)c3)cc2)CC1. The summed E-state index contributed by atoms with van der Waals surface area (Å²) in [4.78, 5) is 28.9. The highest BCUT2D eigenvalue weighted by Gasteiger charge is 2.22. The summed E-state index contributed by atoms with van der Waals surface area (Å²) in [5, 5.41) is 39.3. The fraction of sp³-hybridized carbons (Fsp3) is 0.500. The largest absolute Gasteiger partial charge is 0.491 e. The highest BCUT2D eigenvalue weighted by molar-refractivity contribution is 5.74. The summed E-state index contributed by atoms with van der Waals surface area (Å²) in [6, 6.07) is 17.9. The van der Waals surface area contributed by atoms with Gasteiger partial charge in [0.25, 0.3) is 5.69 Å². The molecule has 0 unspecified atom stereocenters. The Morgan fingerprint density at radius 3 is 2.49 bits per heavy atom. The number of non-ortho nitro benzene ring substituents is 1. The van der Waals surface area contributed by atoms with Crippen LogP contribution >= 0.6 is 0 Å². The highest BCUT2D eigenvalue weighted by Crippen LogP contribution is 2.23. The first-order valence-corrected chi connectivity index (χ1v) is 17.4. The fourth-order valence-electron chi connectivity index (χ4n) is 5.49. The van der Waals surface area contributed by atoms with Crippen molar-refractivity contribution in [1.82, 2.24) is 20.5 Å². The third-order valence-corrected chi connectivity index (χ3v) is 8.37. The zero-order valence-corrected chi connectivity index (χ0v) is 28.4. The zero-order chi connectivity index (χ0) is 34.7. The number of rotatable bonds is 20. The lowest BCUT2D eigenvalue weighted by atomic mass is 10.0. The van der Waals surface area contributed by atoms with Gasteiger partial charge in [0, 0.05) is 62.3 Å². The number of aliphatic hydroxyl groups is 1. The predicted octanol–water partition coefficient (Wildman–Crippen LogP) is 6.92. The van der Waals surface area contributed by atoms with Crippen molar-refractivity contribution in [3.8, 4) is 5.75 Å². The molecular formula is C36H50N8O5. The quantitative estimate of drug-likeness (QED) is 0.0434. The average Bonchev–Trinajstić information content (AvgIpc) is 3.12. The van der Waals surface area contributed by atoms with E-state index in [2.05, 4.69) is 62.4 Å². The van der Waals surface area contributed by atoms with Crippen molar-refractivity contribution in [1.29, 1.82) is 0 Å². The minimum absolute atomic E-state index is 0.0205. The number of likely N-dealkylation sites (tertiary alicyclic amines) is 1. The number of nitrogens with one attached hydrogen (secondary N) is 3. The summed E-state index contributed by atoms with van der Waals surface area (Å²) in [5.74, 6) is 0.809. The van der Waals surface area contributed by atoms with Crippen LogP contribution in [0, 0.1) is 10.1 Å². The van der Waals surface area contributed by atoms with E-state index in [1.165, 1.54) is 68.1 Å². The Labute approximate surface area is 288 Å². The van der Waals surface area contributed by atoms with Gasteiger partial charge >= 0.3 is 6.03 Å². The molecule has 0 aliphatic carbocycles. The lowest BCUT2D eigenvalue weighted by Gasteiger charge is -2.33. The van der Waals surface area contributed by atoms with Gasteiger partial charge in [-0.25, -0.2) is 9.78 Å². The fourth-order valence-corrected chi connectivity index (χ4v) is 5.49. The number of nitro groups is 1. The van der Waals surface area contributed by atoms with Crippen LogP contribution < -0.4 is 20.7 Å². The Hall–Kier alpha value is -4.62. The number of ether oxygens (including phenoxy) is 1. The Morgan fingerprint density at radius 2 is 1.76 bits per heavy atom. The number of pyridine rings is 1. The molecule has 4 N–H and O–H groups in total. The normalized spacial score (nSPS) is 14.1. The Balaban J connectivity index is 1.06. The summed E-state index contributed by atoms with van der Waals surface area (Å²) in [7, 11) is 0. The molecule has 0 saturated carbocycles. The Morgan fingerprint density at radius 1 is 1.02 bits per heavy atom. The minimum atomic E-state index is -0.706. The molecule has 264 valence electrons. The van der Waals surface area contributed by atoms with Crippen LogP contribution in [-0.4, -0.2) is 77.4 Å². The number of azo groups is 1. The lowest BCUT2D eigenvalue weighted by molar-refractivity contribution is -0.384. The summed E-state index contributed by atoms with van der Waals surface area (Å²) in [6.45, 7) is 5.71. The number of aliphatic hydroxyl groups excluding tert-OH is 1. The van der Waals surface area contributed by atoms with Crippen molar-refractivity contribution < 1.29 is 19.6 Å². The second kappa shape index (κ2) is 20.7. The Bertz CT molecular complexity index is 1450. The molecule has 13 heteroatoms. The maximum atomic E-state index is 12.5. The number of aromatic nitrogens is 1. The van der Waals surface area contributed by atoms with Crippen molar-refractivity contribution in [2.75, 3.05) is 44.6 Å². The van der Waals surface area contributed by atoms with E-state index in [4.69, 9.17) is 4.74 Å².